The molecule has 0 amide bonds. The maximum absolute atomic E-state index is 10.3. The van der Waals surface area contributed by atoms with Crippen LogP contribution in [0.5, 0.6) is 0 Å². The van der Waals surface area contributed by atoms with Crippen molar-refractivity contribution in [3.63, 3.8) is 0 Å². The lowest BCUT2D eigenvalue weighted by Gasteiger charge is -2.33. The van der Waals surface area contributed by atoms with Gasteiger partial charge in [0.1, 0.15) is 0 Å². The molecular weight excluding hydrogens is 422 g/mol. The van der Waals surface area contributed by atoms with E-state index in [1.54, 1.807) is 0 Å². The van der Waals surface area contributed by atoms with Gasteiger partial charge in [-0.3, -0.25) is 4.98 Å². The Morgan fingerprint density at radius 3 is 2.44 bits per heavy atom. The number of anilines is 2. The Balaban J connectivity index is 1.53. The first-order chi connectivity index (χ1) is 16.7. The van der Waals surface area contributed by atoms with Crippen LogP contribution in [-0.2, 0) is 0 Å². The van der Waals surface area contributed by atoms with Crippen LogP contribution in [-0.4, -0.2) is 34.6 Å². The van der Waals surface area contributed by atoms with E-state index in [9.17, 15) is 5.11 Å². The van der Waals surface area contributed by atoms with Crippen molar-refractivity contribution in [2.75, 3.05) is 23.9 Å². The molecule has 0 bridgehead atoms. The molecule has 0 saturated heterocycles. The number of hydrazine groups is 1. The minimum Gasteiger partial charge on any atom is -0.398 e. The summed E-state index contributed by atoms with van der Waals surface area (Å²) in [7, 11) is 0. The molecule has 3 aromatic carbocycles. The van der Waals surface area contributed by atoms with Crippen LogP contribution in [0.4, 0.5) is 11.4 Å². The summed E-state index contributed by atoms with van der Waals surface area (Å²) in [4.78, 5) is 4.98. The molecule has 0 radical (unpaired) electrons. The lowest BCUT2D eigenvalue weighted by Crippen LogP contribution is -2.33. The van der Waals surface area contributed by atoms with Crippen molar-refractivity contribution < 1.29 is 5.11 Å². The number of aliphatic hydroxyl groups is 1. The number of rotatable bonds is 4. The van der Waals surface area contributed by atoms with Gasteiger partial charge < -0.3 is 10.8 Å². The van der Waals surface area contributed by atoms with Crippen LogP contribution < -0.4 is 10.7 Å². The molecule has 0 spiro atoms. The molecule has 1 atom stereocenters. The zero-order valence-electron chi connectivity index (χ0n) is 18.7. The quantitative estimate of drug-likeness (QED) is 0.440. The molecule has 0 saturated carbocycles. The maximum Gasteiger partial charge on any atom is 0.0825 e. The molecule has 1 aliphatic carbocycles. The van der Waals surface area contributed by atoms with Gasteiger partial charge in [0.05, 0.1) is 47.6 Å². The fraction of sp³-hybridized carbons (Fsp3) is 0.143. The van der Waals surface area contributed by atoms with E-state index in [4.69, 9.17) is 15.8 Å². The lowest BCUT2D eigenvalue weighted by molar-refractivity contribution is 0.260. The van der Waals surface area contributed by atoms with Gasteiger partial charge in [0.2, 0.25) is 0 Å². The number of hydrazone groups is 1. The molecule has 6 heteroatoms. The predicted octanol–water partition coefficient (Wildman–Crippen LogP) is 4.78. The largest absolute Gasteiger partial charge is 0.398 e. The minimum absolute atomic E-state index is 0.0210. The van der Waals surface area contributed by atoms with E-state index >= 15 is 0 Å². The molecule has 34 heavy (non-hydrogen) atoms. The van der Waals surface area contributed by atoms with E-state index < -0.39 is 0 Å². The molecule has 2 aliphatic rings. The number of para-hydroxylation sites is 2. The van der Waals surface area contributed by atoms with Crippen LogP contribution in [0, 0.1) is 0 Å². The summed E-state index contributed by atoms with van der Waals surface area (Å²) in [5.41, 5.74) is 14.4. The van der Waals surface area contributed by atoms with Crippen molar-refractivity contribution in [3.05, 3.63) is 107 Å². The van der Waals surface area contributed by atoms with Crippen LogP contribution in [0.3, 0.4) is 0 Å². The molecule has 6 nitrogen and oxygen atoms in total. The molecule has 4 aromatic rings. The standard InChI is InChI=1S/C28H25N5O/c29-26-23-13-7-8-14-24(23)31-27-21(18-34)15-20-17-32(30-16-19-9-3-1-4-10-19)33(28(20)25(26)27)22-11-5-2-6-12-22/h1-14,16,21,34H,15,17-18H2,(H2,29,31). The Morgan fingerprint density at radius 1 is 0.971 bits per heavy atom. The van der Waals surface area contributed by atoms with E-state index in [2.05, 4.69) is 17.1 Å². The predicted molar refractivity (Wildman–Crippen MR) is 137 cm³/mol. The van der Waals surface area contributed by atoms with Gasteiger partial charge in [0.15, 0.2) is 0 Å². The molecular formula is C28H25N5O. The highest BCUT2D eigenvalue weighted by atomic mass is 16.3. The van der Waals surface area contributed by atoms with Crippen molar-refractivity contribution in [2.45, 2.75) is 12.3 Å². The topological polar surface area (TPSA) is 78.0 Å². The van der Waals surface area contributed by atoms with Crippen LogP contribution in [0.25, 0.3) is 16.6 Å². The van der Waals surface area contributed by atoms with Crippen molar-refractivity contribution in [3.8, 4) is 0 Å². The number of nitrogens with zero attached hydrogens (tertiary/aromatic N) is 4. The minimum atomic E-state index is -0.101. The zero-order valence-corrected chi connectivity index (χ0v) is 18.7. The SMILES string of the molecule is Nc1c2c(nc3ccccc13)C(CO)CC1=C2N(c2ccccc2)N(N=Cc2ccccc2)C1. The number of hydrogen-bond donors (Lipinski definition) is 2. The highest BCUT2D eigenvalue weighted by Gasteiger charge is 2.40. The van der Waals surface area contributed by atoms with Crippen molar-refractivity contribution >= 4 is 34.2 Å². The average Bonchev–Trinajstić information content (AvgIpc) is 3.26. The number of pyridine rings is 1. The third-order valence-corrected chi connectivity index (χ3v) is 6.55. The molecule has 1 aromatic heterocycles. The molecule has 1 aliphatic heterocycles. The van der Waals surface area contributed by atoms with Gasteiger partial charge in [-0.05, 0) is 35.8 Å². The van der Waals surface area contributed by atoms with E-state index in [0.717, 1.165) is 39.1 Å². The first-order valence-electron chi connectivity index (χ1n) is 11.5. The van der Waals surface area contributed by atoms with Gasteiger partial charge in [0.25, 0.3) is 0 Å². The average molecular weight is 448 g/mol. The second kappa shape index (κ2) is 8.32. The normalized spacial score (nSPS) is 17.5. The Kier molecular flexibility index (Phi) is 5.00. The highest BCUT2D eigenvalue weighted by Crippen LogP contribution is 2.48. The molecule has 1 unspecified atom stereocenters. The van der Waals surface area contributed by atoms with Gasteiger partial charge in [0, 0.05) is 16.9 Å². The highest BCUT2D eigenvalue weighted by molar-refractivity contribution is 6.01. The van der Waals surface area contributed by atoms with Gasteiger partial charge in [-0.25, -0.2) is 5.01 Å². The molecule has 2 heterocycles. The second-order valence-corrected chi connectivity index (χ2v) is 8.67. The molecule has 3 N–H and O–H groups in total. The third kappa shape index (κ3) is 3.31. The summed E-state index contributed by atoms with van der Waals surface area (Å²) in [6.07, 6.45) is 2.59. The van der Waals surface area contributed by atoms with Crippen LogP contribution in [0.1, 0.15) is 29.2 Å². The Morgan fingerprint density at radius 2 is 1.68 bits per heavy atom. The second-order valence-electron chi connectivity index (χ2n) is 8.67. The zero-order chi connectivity index (χ0) is 23.1. The van der Waals surface area contributed by atoms with Crippen molar-refractivity contribution in [1.29, 1.82) is 0 Å². The summed E-state index contributed by atoms with van der Waals surface area (Å²) < 4.78 is 0. The summed E-state index contributed by atoms with van der Waals surface area (Å²) in [6, 6.07) is 28.2. The summed E-state index contributed by atoms with van der Waals surface area (Å²) >= 11 is 0. The van der Waals surface area contributed by atoms with Gasteiger partial charge in [-0.1, -0.05) is 66.7 Å². The maximum atomic E-state index is 10.3. The monoisotopic (exact) mass is 447 g/mol. The fourth-order valence-electron chi connectivity index (χ4n) is 4.97. The number of aromatic nitrogens is 1. The van der Waals surface area contributed by atoms with E-state index in [-0.39, 0.29) is 12.5 Å². The lowest BCUT2D eigenvalue weighted by atomic mass is 9.83. The molecule has 0 fully saturated rings. The van der Waals surface area contributed by atoms with Crippen molar-refractivity contribution in [1.82, 2.24) is 10.1 Å². The number of nitrogen functional groups attached to an aromatic ring is 1. The van der Waals surface area contributed by atoms with Crippen molar-refractivity contribution in [2.24, 2.45) is 5.10 Å². The number of aliphatic hydroxyl groups excluding tert-OH is 1. The van der Waals surface area contributed by atoms with E-state index in [1.807, 2.05) is 84.1 Å². The summed E-state index contributed by atoms with van der Waals surface area (Å²) in [5, 5.41) is 20.2. The van der Waals surface area contributed by atoms with Crippen LogP contribution in [0.15, 0.2) is 95.6 Å². The van der Waals surface area contributed by atoms with Gasteiger partial charge >= 0.3 is 0 Å². The first-order valence-corrected chi connectivity index (χ1v) is 11.5. The number of hydrogen-bond acceptors (Lipinski definition) is 6. The molecule has 168 valence electrons. The molecule has 6 rings (SSSR count). The number of benzene rings is 3. The summed E-state index contributed by atoms with van der Waals surface area (Å²) in [5.74, 6) is -0.101. The Hall–Kier alpha value is -4.16. The van der Waals surface area contributed by atoms with E-state index in [1.165, 1.54) is 5.57 Å². The Labute approximate surface area is 198 Å². The fourth-order valence-corrected chi connectivity index (χ4v) is 4.97. The number of nitrogens with two attached hydrogens (primary N) is 1. The van der Waals surface area contributed by atoms with Crippen LogP contribution >= 0.6 is 0 Å². The first kappa shape index (κ1) is 20.4. The van der Waals surface area contributed by atoms with Gasteiger partial charge in [-0.2, -0.15) is 10.2 Å². The van der Waals surface area contributed by atoms with E-state index in [0.29, 0.717) is 18.7 Å². The van der Waals surface area contributed by atoms with Crippen LogP contribution in [0.2, 0.25) is 0 Å². The van der Waals surface area contributed by atoms with Gasteiger partial charge in [-0.15, -0.1) is 0 Å². The summed E-state index contributed by atoms with van der Waals surface area (Å²) in [6.45, 7) is 0.642. The Bertz CT molecular complexity index is 1420. The third-order valence-electron chi connectivity index (χ3n) is 6.55. The smallest absolute Gasteiger partial charge is 0.0825 e. The number of fused-ring (bicyclic) bond motifs is 3.